The van der Waals surface area contributed by atoms with Crippen molar-refractivity contribution < 1.29 is 9.53 Å². The summed E-state index contributed by atoms with van der Waals surface area (Å²) in [7, 11) is 1.64. The molecule has 1 aromatic heterocycles. The summed E-state index contributed by atoms with van der Waals surface area (Å²) in [6, 6.07) is 17.6. The van der Waals surface area contributed by atoms with Gasteiger partial charge in [-0.05, 0) is 49.4 Å². The van der Waals surface area contributed by atoms with Crippen molar-refractivity contribution in [2.24, 2.45) is 0 Å². The molecule has 146 valence electrons. The molecule has 0 bridgehead atoms. The molecule has 1 aliphatic rings. The Hall–Kier alpha value is -2.90. The van der Waals surface area contributed by atoms with Crippen LogP contribution in [0.3, 0.4) is 0 Å². The van der Waals surface area contributed by atoms with Gasteiger partial charge in [0.15, 0.2) is 0 Å². The number of rotatable bonds is 5. The van der Waals surface area contributed by atoms with Crippen LogP contribution in [0, 0.1) is 0 Å². The van der Waals surface area contributed by atoms with E-state index >= 15 is 0 Å². The molecule has 2 aromatic carbocycles. The second-order valence-corrected chi connectivity index (χ2v) is 8.04. The highest BCUT2D eigenvalue weighted by molar-refractivity contribution is 8.26. The minimum atomic E-state index is -0.0596. The number of likely N-dealkylation sites (N-methyl/N-ethyl adjacent to an activating group) is 1. The monoisotopic (exact) mass is 421 g/mol. The largest absolute Gasteiger partial charge is 0.497 e. The van der Waals surface area contributed by atoms with E-state index < -0.39 is 0 Å². The number of ether oxygens (including phenoxy) is 1. The molecule has 0 atom stereocenters. The molecule has 0 aliphatic carbocycles. The molecule has 0 spiro atoms. The summed E-state index contributed by atoms with van der Waals surface area (Å²) >= 11 is 6.67. The van der Waals surface area contributed by atoms with Gasteiger partial charge >= 0.3 is 0 Å². The van der Waals surface area contributed by atoms with E-state index in [9.17, 15) is 4.79 Å². The Morgan fingerprint density at radius 1 is 1.14 bits per heavy atom. The highest BCUT2D eigenvalue weighted by Gasteiger charge is 2.31. The molecule has 1 aliphatic heterocycles. The lowest BCUT2D eigenvalue weighted by Gasteiger charge is -2.09. The molecule has 2 heterocycles. The number of benzene rings is 2. The quantitative estimate of drug-likeness (QED) is 0.439. The van der Waals surface area contributed by atoms with E-state index in [1.165, 1.54) is 11.8 Å². The number of thioether (sulfide) groups is 1. The van der Waals surface area contributed by atoms with Crippen molar-refractivity contribution in [3.05, 3.63) is 71.3 Å². The summed E-state index contributed by atoms with van der Waals surface area (Å²) in [6.07, 6.45) is 3.81. The topological polar surface area (TPSA) is 47.4 Å². The van der Waals surface area contributed by atoms with Crippen molar-refractivity contribution in [1.82, 2.24) is 14.7 Å². The fourth-order valence-corrected chi connectivity index (χ4v) is 4.47. The van der Waals surface area contributed by atoms with E-state index in [4.69, 9.17) is 22.1 Å². The molecule has 0 N–H and O–H groups in total. The zero-order valence-electron chi connectivity index (χ0n) is 16.0. The lowest BCUT2D eigenvalue weighted by molar-refractivity contribution is -0.121. The van der Waals surface area contributed by atoms with Crippen molar-refractivity contribution in [2.45, 2.75) is 6.92 Å². The Bertz CT molecular complexity index is 1090. The molecule has 4 rings (SSSR count). The van der Waals surface area contributed by atoms with Gasteiger partial charge in [0, 0.05) is 23.9 Å². The number of methoxy groups -OCH3 is 1. The van der Waals surface area contributed by atoms with E-state index in [-0.39, 0.29) is 5.91 Å². The second-order valence-electron chi connectivity index (χ2n) is 6.37. The molecule has 1 saturated heterocycles. The first-order valence-corrected chi connectivity index (χ1v) is 10.4. The van der Waals surface area contributed by atoms with Gasteiger partial charge in [0.05, 0.1) is 23.4 Å². The molecule has 0 saturated carbocycles. The van der Waals surface area contributed by atoms with Gasteiger partial charge in [0.25, 0.3) is 5.91 Å². The van der Waals surface area contributed by atoms with Crippen LogP contribution in [0.5, 0.6) is 5.75 Å². The molecule has 0 radical (unpaired) electrons. The zero-order chi connectivity index (χ0) is 20.4. The second kappa shape index (κ2) is 8.23. The third-order valence-corrected chi connectivity index (χ3v) is 5.98. The first-order chi connectivity index (χ1) is 14.1. The van der Waals surface area contributed by atoms with E-state index in [0.717, 1.165) is 28.3 Å². The van der Waals surface area contributed by atoms with Gasteiger partial charge in [-0.3, -0.25) is 9.69 Å². The van der Waals surface area contributed by atoms with Crippen molar-refractivity contribution >= 4 is 40.3 Å². The van der Waals surface area contributed by atoms with Gasteiger partial charge in [-0.25, -0.2) is 4.68 Å². The summed E-state index contributed by atoms with van der Waals surface area (Å²) in [5.74, 6) is 0.720. The number of carbonyl (C=O) groups is 1. The maximum Gasteiger partial charge on any atom is 0.266 e. The first kappa shape index (κ1) is 19.4. The summed E-state index contributed by atoms with van der Waals surface area (Å²) in [6.45, 7) is 2.49. The number of amides is 1. The minimum absolute atomic E-state index is 0.0596. The number of thiocarbonyl (C=S) groups is 1. The molecular weight excluding hydrogens is 402 g/mol. The van der Waals surface area contributed by atoms with Gasteiger partial charge in [-0.2, -0.15) is 5.10 Å². The first-order valence-electron chi connectivity index (χ1n) is 9.15. The van der Waals surface area contributed by atoms with Crippen LogP contribution in [-0.4, -0.2) is 38.6 Å². The van der Waals surface area contributed by atoms with Crippen LogP contribution >= 0.6 is 24.0 Å². The van der Waals surface area contributed by atoms with Crippen molar-refractivity contribution in [1.29, 1.82) is 0 Å². The normalized spacial score (nSPS) is 15.4. The van der Waals surface area contributed by atoms with Gasteiger partial charge in [0.1, 0.15) is 10.1 Å². The Morgan fingerprint density at radius 2 is 1.86 bits per heavy atom. The van der Waals surface area contributed by atoms with Crippen molar-refractivity contribution in [2.75, 3.05) is 13.7 Å². The van der Waals surface area contributed by atoms with Crippen molar-refractivity contribution in [3.63, 3.8) is 0 Å². The molecule has 3 aromatic rings. The van der Waals surface area contributed by atoms with E-state index in [1.54, 1.807) is 12.0 Å². The highest BCUT2D eigenvalue weighted by atomic mass is 32.2. The van der Waals surface area contributed by atoms with Gasteiger partial charge in [-0.1, -0.05) is 42.2 Å². The predicted molar refractivity (Wildman–Crippen MR) is 121 cm³/mol. The van der Waals surface area contributed by atoms with Gasteiger partial charge in [-0.15, -0.1) is 0 Å². The van der Waals surface area contributed by atoms with Crippen LogP contribution in [-0.2, 0) is 4.79 Å². The fourth-order valence-electron chi connectivity index (χ4n) is 3.09. The Balaban J connectivity index is 1.81. The van der Waals surface area contributed by atoms with E-state index in [2.05, 4.69) is 0 Å². The van der Waals surface area contributed by atoms with Gasteiger partial charge < -0.3 is 4.74 Å². The van der Waals surface area contributed by atoms with E-state index in [0.29, 0.717) is 15.8 Å². The Kier molecular flexibility index (Phi) is 5.51. The van der Waals surface area contributed by atoms with Crippen molar-refractivity contribution in [3.8, 4) is 22.7 Å². The van der Waals surface area contributed by atoms with E-state index in [1.807, 2.05) is 78.5 Å². The number of para-hydroxylation sites is 1. The Morgan fingerprint density at radius 3 is 2.48 bits per heavy atom. The van der Waals surface area contributed by atoms with Crippen LogP contribution in [0.2, 0.25) is 0 Å². The molecule has 5 nitrogen and oxygen atoms in total. The third kappa shape index (κ3) is 3.83. The summed E-state index contributed by atoms with van der Waals surface area (Å²) in [5.41, 5.74) is 3.54. The lowest BCUT2D eigenvalue weighted by atomic mass is 10.1. The summed E-state index contributed by atoms with van der Waals surface area (Å²) < 4.78 is 7.68. The summed E-state index contributed by atoms with van der Waals surface area (Å²) in [4.78, 5) is 14.9. The maximum atomic E-state index is 12.7. The van der Waals surface area contributed by atoms with Crippen LogP contribution in [0.1, 0.15) is 12.5 Å². The average molecular weight is 422 g/mol. The minimum Gasteiger partial charge on any atom is -0.497 e. The third-order valence-electron chi connectivity index (χ3n) is 4.60. The fraction of sp³-hybridized carbons (Fsp3) is 0.136. The number of carbonyl (C=O) groups excluding carboxylic acids is 1. The number of nitrogens with zero attached hydrogens (tertiary/aromatic N) is 3. The van der Waals surface area contributed by atoms with Gasteiger partial charge in [0.2, 0.25) is 0 Å². The maximum absolute atomic E-state index is 12.7. The number of hydrogen-bond donors (Lipinski definition) is 0. The van der Waals surface area contributed by atoms with Crippen LogP contribution in [0.15, 0.2) is 65.7 Å². The molecular formula is C22H19N3O2S2. The van der Waals surface area contributed by atoms with Crippen LogP contribution in [0.25, 0.3) is 23.0 Å². The smallest absolute Gasteiger partial charge is 0.266 e. The Labute approximate surface area is 179 Å². The predicted octanol–water partition coefficient (Wildman–Crippen LogP) is 4.77. The lowest BCUT2D eigenvalue weighted by Crippen LogP contribution is -2.27. The summed E-state index contributed by atoms with van der Waals surface area (Å²) in [5, 5.41) is 4.80. The molecule has 0 unspecified atom stereocenters. The molecule has 1 fully saturated rings. The molecule has 7 heteroatoms. The standard InChI is InChI=1S/C22H19N3O2S2/c1-3-24-21(26)19(29-22(24)28)13-16-14-25(17-7-5-4-6-8-17)23-20(16)15-9-11-18(27-2)12-10-15/h4-14H,3H2,1-2H3. The zero-order valence-corrected chi connectivity index (χ0v) is 17.7. The highest BCUT2D eigenvalue weighted by Crippen LogP contribution is 2.35. The molecule has 1 amide bonds. The average Bonchev–Trinajstić information content (AvgIpc) is 3.29. The van der Waals surface area contributed by atoms with Crippen LogP contribution < -0.4 is 4.74 Å². The molecule has 29 heavy (non-hydrogen) atoms. The SMILES string of the molecule is CCN1C(=O)C(=Cc2cn(-c3ccccc3)nc2-c2ccc(OC)cc2)SC1=S. The number of aromatic nitrogens is 2. The number of hydrogen-bond acceptors (Lipinski definition) is 5. The van der Waals surface area contributed by atoms with Crippen LogP contribution in [0.4, 0.5) is 0 Å².